The summed E-state index contributed by atoms with van der Waals surface area (Å²) in [6.45, 7) is 3.81. The van der Waals surface area contributed by atoms with Gasteiger partial charge in [-0.2, -0.15) is 9.97 Å². The number of carbonyl (C=O) groups excluding carboxylic acids is 2. The van der Waals surface area contributed by atoms with Gasteiger partial charge >= 0.3 is 0 Å². The van der Waals surface area contributed by atoms with Gasteiger partial charge in [-0.15, -0.1) is 0 Å². The maximum Gasteiger partial charge on any atom is 0.258 e. The highest BCUT2D eigenvalue weighted by atomic mass is 16.5. The summed E-state index contributed by atoms with van der Waals surface area (Å²) in [6, 6.07) is 15.8. The van der Waals surface area contributed by atoms with Crippen molar-refractivity contribution in [3.8, 4) is 5.88 Å². The van der Waals surface area contributed by atoms with Crippen LogP contribution in [0.1, 0.15) is 31.8 Å². The first kappa shape index (κ1) is 19.0. The minimum atomic E-state index is -0.354. The number of methoxy groups -OCH3 is 1. The monoisotopic (exact) mass is 376 g/mol. The maximum atomic E-state index is 12.5. The van der Waals surface area contributed by atoms with Gasteiger partial charge in [-0.25, -0.2) is 0 Å². The van der Waals surface area contributed by atoms with Crippen molar-refractivity contribution in [2.75, 3.05) is 17.7 Å². The number of hydrogen-bond donors (Lipinski definition) is 2. The molecule has 2 amide bonds. The zero-order chi connectivity index (χ0) is 20.1. The summed E-state index contributed by atoms with van der Waals surface area (Å²) in [5, 5.41) is 5.33. The number of anilines is 2. The number of nitrogens with one attached hydrogen (secondary N) is 2. The number of ether oxygens (including phenoxy) is 1. The van der Waals surface area contributed by atoms with Gasteiger partial charge in [-0.05, 0) is 38.1 Å². The predicted molar refractivity (Wildman–Crippen MR) is 107 cm³/mol. The van der Waals surface area contributed by atoms with E-state index in [0.717, 1.165) is 11.1 Å². The SMILES string of the molecule is COc1cc(NC(=O)c2cccc(C)c2)nc(NC(=O)c2cccc(C)c2)n1. The topological polar surface area (TPSA) is 93.2 Å². The first-order chi connectivity index (χ1) is 13.4. The lowest BCUT2D eigenvalue weighted by Gasteiger charge is -2.10. The smallest absolute Gasteiger partial charge is 0.258 e. The summed E-state index contributed by atoms with van der Waals surface area (Å²) in [5.74, 6) is -0.203. The van der Waals surface area contributed by atoms with Gasteiger partial charge in [0.25, 0.3) is 11.8 Å². The Hall–Kier alpha value is -3.74. The van der Waals surface area contributed by atoms with Crippen LogP contribution in [-0.4, -0.2) is 28.9 Å². The van der Waals surface area contributed by atoms with Crippen molar-refractivity contribution in [2.45, 2.75) is 13.8 Å². The van der Waals surface area contributed by atoms with E-state index in [1.807, 2.05) is 26.0 Å². The molecule has 0 saturated heterocycles. The fourth-order valence-electron chi connectivity index (χ4n) is 2.58. The number of carbonyl (C=O) groups is 2. The molecule has 7 heteroatoms. The summed E-state index contributed by atoms with van der Waals surface area (Å²) >= 11 is 0. The van der Waals surface area contributed by atoms with E-state index >= 15 is 0 Å². The normalized spacial score (nSPS) is 10.2. The van der Waals surface area contributed by atoms with E-state index < -0.39 is 0 Å². The van der Waals surface area contributed by atoms with Crippen LogP contribution in [-0.2, 0) is 0 Å². The van der Waals surface area contributed by atoms with Crippen LogP contribution in [0, 0.1) is 13.8 Å². The van der Waals surface area contributed by atoms with Gasteiger partial charge in [0.15, 0.2) is 0 Å². The second-order valence-electron chi connectivity index (χ2n) is 6.27. The maximum absolute atomic E-state index is 12.5. The zero-order valence-electron chi connectivity index (χ0n) is 15.8. The number of amides is 2. The quantitative estimate of drug-likeness (QED) is 0.710. The van der Waals surface area contributed by atoms with Gasteiger partial charge < -0.3 is 10.1 Å². The van der Waals surface area contributed by atoms with Crippen molar-refractivity contribution < 1.29 is 14.3 Å². The Kier molecular flexibility index (Phi) is 5.64. The number of benzene rings is 2. The molecule has 7 nitrogen and oxygen atoms in total. The Morgan fingerprint density at radius 2 is 1.39 bits per heavy atom. The number of hydrogen-bond acceptors (Lipinski definition) is 5. The summed E-state index contributed by atoms with van der Waals surface area (Å²) in [4.78, 5) is 33.2. The molecule has 0 bridgehead atoms. The number of aromatic nitrogens is 2. The molecule has 28 heavy (non-hydrogen) atoms. The summed E-state index contributed by atoms with van der Waals surface area (Å²) in [5.41, 5.74) is 2.92. The Morgan fingerprint density at radius 1 is 0.821 bits per heavy atom. The van der Waals surface area contributed by atoms with Crippen LogP contribution in [0.3, 0.4) is 0 Å². The Balaban J connectivity index is 1.81. The third-order valence-electron chi connectivity index (χ3n) is 3.94. The fraction of sp³-hybridized carbons (Fsp3) is 0.143. The molecule has 0 atom stereocenters. The molecule has 2 aromatic carbocycles. The van der Waals surface area contributed by atoms with Crippen molar-refractivity contribution in [1.82, 2.24) is 9.97 Å². The number of rotatable bonds is 5. The molecule has 0 aliphatic carbocycles. The van der Waals surface area contributed by atoms with Crippen molar-refractivity contribution >= 4 is 23.6 Å². The Labute approximate surface area is 162 Å². The van der Waals surface area contributed by atoms with Gasteiger partial charge in [0, 0.05) is 17.2 Å². The first-order valence-electron chi connectivity index (χ1n) is 8.64. The van der Waals surface area contributed by atoms with E-state index in [-0.39, 0.29) is 29.5 Å². The van der Waals surface area contributed by atoms with Crippen LogP contribution in [0.25, 0.3) is 0 Å². The summed E-state index contributed by atoms with van der Waals surface area (Å²) in [7, 11) is 1.45. The lowest BCUT2D eigenvalue weighted by molar-refractivity contribution is 0.101. The number of aryl methyl sites for hydroxylation is 2. The highest BCUT2D eigenvalue weighted by molar-refractivity contribution is 6.05. The first-order valence-corrected chi connectivity index (χ1v) is 8.64. The predicted octanol–water partition coefficient (Wildman–Crippen LogP) is 3.61. The van der Waals surface area contributed by atoms with Crippen molar-refractivity contribution in [2.24, 2.45) is 0 Å². The van der Waals surface area contributed by atoms with E-state index in [9.17, 15) is 9.59 Å². The molecule has 0 fully saturated rings. The third-order valence-corrected chi connectivity index (χ3v) is 3.94. The standard InChI is InChI=1S/C21H20N4O3/c1-13-6-4-8-15(10-13)19(26)22-17-12-18(28-3)24-21(23-17)25-20(27)16-9-5-7-14(2)11-16/h4-12H,1-3H3,(H2,22,23,24,25,26,27). The lowest BCUT2D eigenvalue weighted by Crippen LogP contribution is -2.17. The van der Waals surface area contributed by atoms with Crippen molar-refractivity contribution in [1.29, 1.82) is 0 Å². The molecule has 0 aliphatic heterocycles. The molecule has 2 N–H and O–H groups in total. The van der Waals surface area contributed by atoms with Crippen LogP contribution < -0.4 is 15.4 Å². The molecule has 0 radical (unpaired) electrons. The molecule has 3 rings (SSSR count). The van der Waals surface area contributed by atoms with E-state index in [4.69, 9.17) is 4.74 Å². The average molecular weight is 376 g/mol. The molecule has 1 heterocycles. The van der Waals surface area contributed by atoms with E-state index in [0.29, 0.717) is 11.1 Å². The van der Waals surface area contributed by atoms with E-state index in [1.165, 1.54) is 13.2 Å². The summed E-state index contributed by atoms with van der Waals surface area (Å²) < 4.78 is 5.15. The molecule has 0 unspecified atom stereocenters. The van der Waals surface area contributed by atoms with Crippen LogP contribution in [0.15, 0.2) is 54.6 Å². The number of nitrogens with zero attached hydrogens (tertiary/aromatic N) is 2. The second kappa shape index (κ2) is 8.30. The molecule has 1 aromatic heterocycles. The largest absolute Gasteiger partial charge is 0.481 e. The molecular formula is C21H20N4O3. The molecule has 0 spiro atoms. The third kappa shape index (κ3) is 4.70. The van der Waals surface area contributed by atoms with Crippen LogP contribution in [0.5, 0.6) is 5.88 Å². The minimum Gasteiger partial charge on any atom is -0.481 e. The minimum absolute atomic E-state index is 0.0328. The molecule has 3 aromatic rings. The van der Waals surface area contributed by atoms with Crippen LogP contribution >= 0.6 is 0 Å². The molecule has 142 valence electrons. The molecular weight excluding hydrogens is 356 g/mol. The fourth-order valence-corrected chi connectivity index (χ4v) is 2.58. The van der Waals surface area contributed by atoms with E-state index in [1.54, 1.807) is 36.4 Å². The van der Waals surface area contributed by atoms with Crippen LogP contribution in [0.2, 0.25) is 0 Å². The molecule has 0 aliphatic rings. The van der Waals surface area contributed by atoms with Gasteiger partial charge in [-0.1, -0.05) is 35.4 Å². The van der Waals surface area contributed by atoms with Crippen LogP contribution in [0.4, 0.5) is 11.8 Å². The second-order valence-corrected chi connectivity index (χ2v) is 6.27. The Morgan fingerprint density at radius 3 is 1.93 bits per heavy atom. The lowest BCUT2D eigenvalue weighted by atomic mass is 10.1. The Bertz CT molecular complexity index is 956. The van der Waals surface area contributed by atoms with Gasteiger partial charge in [0.05, 0.1) is 7.11 Å². The van der Waals surface area contributed by atoms with E-state index in [2.05, 4.69) is 20.6 Å². The zero-order valence-corrected chi connectivity index (χ0v) is 15.8. The highest BCUT2D eigenvalue weighted by Gasteiger charge is 2.13. The summed E-state index contributed by atoms with van der Waals surface area (Å²) in [6.07, 6.45) is 0. The van der Waals surface area contributed by atoms with Gasteiger partial charge in [0.2, 0.25) is 11.8 Å². The molecule has 0 saturated carbocycles. The van der Waals surface area contributed by atoms with Gasteiger partial charge in [-0.3, -0.25) is 14.9 Å². The van der Waals surface area contributed by atoms with Crippen molar-refractivity contribution in [3.05, 3.63) is 76.9 Å². The average Bonchev–Trinajstić information content (AvgIpc) is 2.67. The highest BCUT2D eigenvalue weighted by Crippen LogP contribution is 2.18. The van der Waals surface area contributed by atoms with Gasteiger partial charge in [0.1, 0.15) is 5.82 Å². The van der Waals surface area contributed by atoms with Crippen molar-refractivity contribution in [3.63, 3.8) is 0 Å².